The van der Waals surface area contributed by atoms with Crippen molar-refractivity contribution in [3.63, 3.8) is 0 Å². The van der Waals surface area contributed by atoms with Gasteiger partial charge in [-0.2, -0.15) is 0 Å². The molecule has 0 bridgehead atoms. The van der Waals surface area contributed by atoms with Gasteiger partial charge in [-0.05, 0) is 54.6 Å². The first-order valence-corrected chi connectivity index (χ1v) is 8.82. The number of aryl methyl sites for hydroxylation is 1. The minimum Gasteiger partial charge on any atom is -0.454 e. The predicted molar refractivity (Wildman–Crippen MR) is 88.3 cm³/mol. The van der Waals surface area contributed by atoms with E-state index in [-0.39, 0.29) is 11.6 Å². The molecule has 1 aromatic carbocycles. The molecule has 0 amide bonds. The van der Waals surface area contributed by atoms with Gasteiger partial charge in [0.25, 0.3) is 0 Å². The predicted octanol–water partition coefficient (Wildman–Crippen LogP) is 1.97. The summed E-state index contributed by atoms with van der Waals surface area (Å²) in [6, 6.07) is 4.35. The monoisotopic (exact) mass is 329 g/mol. The van der Waals surface area contributed by atoms with Crippen molar-refractivity contribution in [1.29, 1.82) is 0 Å². The Kier molecular flexibility index (Phi) is 3.21. The van der Waals surface area contributed by atoms with Gasteiger partial charge in [0, 0.05) is 20.1 Å². The second kappa shape index (κ2) is 5.22. The van der Waals surface area contributed by atoms with Gasteiger partial charge in [0.1, 0.15) is 0 Å². The molecule has 1 spiro atoms. The fourth-order valence-electron chi connectivity index (χ4n) is 5.08. The van der Waals surface area contributed by atoms with E-state index in [0.29, 0.717) is 6.79 Å². The third kappa shape index (κ3) is 1.86. The van der Waals surface area contributed by atoms with E-state index in [2.05, 4.69) is 17.0 Å². The maximum atomic E-state index is 10.4. The number of hydrogen-bond donors (Lipinski definition) is 1. The average Bonchev–Trinajstić information content (AvgIpc) is 3.14. The third-order valence-corrected chi connectivity index (χ3v) is 6.19. The quantitative estimate of drug-likeness (QED) is 0.799. The van der Waals surface area contributed by atoms with E-state index in [0.717, 1.165) is 50.3 Å². The molecule has 4 aliphatic rings. The Morgan fingerprint density at radius 3 is 2.88 bits per heavy atom. The van der Waals surface area contributed by atoms with E-state index < -0.39 is 6.10 Å². The van der Waals surface area contributed by atoms with Crippen molar-refractivity contribution in [3.05, 3.63) is 34.9 Å². The van der Waals surface area contributed by atoms with E-state index in [1.165, 1.54) is 16.7 Å². The number of aliphatic hydroxyl groups is 1. The van der Waals surface area contributed by atoms with E-state index in [1.807, 2.05) is 6.08 Å². The molecule has 5 rings (SSSR count). The topological polar surface area (TPSA) is 51.2 Å². The molecule has 128 valence electrons. The van der Waals surface area contributed by atoms with Crippen LogP contribution in [-0.4, -0.2) is 49.2 Å². The van der Waals surface area contributed by atoms with Gasteiger partial charge in [-0.1, -0.05) is 6.08 Å². The fraction of sp³-hybridized carbons (Fsp3) is 0.579. The fourth-order valence-corrected chi connectivity index (χ4v) is 5.08. The van der Waals surface area contributed by atoms with Crippen molar-refractivity contribution in [2.75, 3.05) is 27.0 Å². The largest absolute Gasteiger partial charge is 0.454 e. The van der Waals surface area contributed by atoms with Crippen LogP contribution in [0, 0.1) is 0 Å². The molecule has 1 aliphatic carbocycles. The van der Waals surface area contributed by atoms with Crippen LogP contribution in [0.5, 0.6) is 11.5 Å². The van der Waals surface area contributed by atoms with Gasteiger partial charge in [0.2, 0.25) is 6.79 Å². The average molecular weight is 329 g/mol. The van der Waals surface area contributed by atoms with Crippen LogP contribution in [0.15, 0.2) is 23.8 Å². The van der Waals surface area contributed by atoms with Crippen LogP contribution in [0.3, 0.4) is 0 Å². The van der Waals surface area contributed by atoms with Crippen molar-refractivity contribution in [2.24, 2.45) is 0 Å². The van der Waals surface area contributed by atoms with Gasteiger partial charge >= 0.3 is 0 Å². The van der Waals surface area contributed by atoms with Gasteiger partial charge in [-0.3, -0.25) is 4.90 Å². The summed E-state index contributed by atoms with van der Waals surface area (Å²) in [4.78, 5) is 2.59. The maximum absolute atomic E-state index is 10.4. The second-order valence-corrected chi connectivity index (χ2v) is 7.22. The van der Waals surface area contributed by atoms with Crippen molar-refractivity contribution >= 4 is 0 Å². The highest BCUT2D eigenvalue weighted by molar-refractivity contribution is 5.55. The SMILES string of the molecule is CO[C@@H]1C[C@@]23C(=C[C@H]1O)CCN2CCCc1cc2c(cc13)OCO2. The summed E-state index contributed by atoms with van der Waals surface area (Å²) in [5.74, 6) is 1.71. The van der Waals surface area contributed by atoms with Gasteiger partial charge in [0.05, 0.1) is 17.7 Å². The molecule has 24 heavy (non-hydrogen) atoms. The highest BCUT2D eigenvalue weighted by atomic mass is 16.7. The Balaban J connectivity index is 1.73. The number of rotatable bonds is 1. The Morgan fingerprint density at radius 1 is 1.21 bits per heavy atom. The van der Waals surface area contributed by atoms with Crippen LogP contribution >= 0.6 is 0 Å². The Hall–Kier alpha value is -1.56. The van der Waals surface area contributed by atoms with Crippen LogP contribution in [0.2, 0.25) is 0 Å². The molecule has 1 saturated heterocycles. The van der Waals surface area contributed by atoms with Gasteiger partial charge in [-0.15, -0.1) is 0 Å². The number of fused-ring (bicyclic) bond motifs is 2. The third-order valence-electron chi connectivity index (χ3n) is 6.19. The summed E-state index contributed by atoms with van der Waals surface area (Å²) >= 11 is 0. The zero-order valence-electron chi connectivity index (χ0n) is 14.0. The van der Waals surface area contributed by atoms with E-state index in [1.54, 1.807) is 7.11 Å². The summed E-state index contributed by atoms with van der Waals surface area (Å²) < 4.78 is 16.9. The van der Waals surface area contributed by atoms with Crippen LogP contribution in [0.4, 0.5) is 0 Å². The molecule has 1 aromatic rings. The van der Waals surface area contributed by atoms with Crippen molar-refractivity contribution in [2.45, 2.75) is 43.4 Å². The minimum absolute atomic E-state index is 0.160. The van der Waals surface area contributed by atoms with Crippen LogP contribution in [0.25, 0.3) is 0 Å². The lowest BCUT2D eigenvalue weighted by Crippen LogP contribution is -2.49. The number of methoxy groups -OCH3 is 1. The highest BCUT2D eigenvalue weighted by Crippen LogP contribution is 2.54. The van der Waals surface area contributed by atoms with Crippen LogP contribution in [0.1, 0.15) is 30.4 Å². The molecule has 1 N–H and O–H groups in total. The number of aliphatic hydroxyl groups excluding tert-OH is 1. The molecule has 0 saturated carbocycles. The normalized spacial score (nSPS) is 34.2. The maximum Gasteiger partial charge on any atom is 0.231 e. The number of hydrogen-bond acceptors (Lipinski definition) is 5. The van der Waals surface area contributed by atoms with Crippen molar-refractivity contribution in [1.82, 2.24) is 4.90 Å². The van der Waals surface area contributed by atoms with Gasteiger partial charge in [0.15, 0.2) is 11.5 Å². The van der Waals surface area contributed by atoms with E-state index in [4.69, 9.17) is 14.2 Å². The Bertz CT molecular complexity index is 716. The summed E-state index contributed by atoms with van der Waals surface area (Å²) in [5, 5.41) is 10.4. The lowest BCUT2D eigenvalue weighted by atomic mass is 9.72. The molecule has 3 aliphatic heterocycles. The molecule has 3 heterocycles. The first kappa shape index (κ1) is 14.8. The Morgan fingerprint density at radius 2 is 2.04 bits per heavy atom. The molecular weight excluding hydrogens is 306 g/mol. The lowest BCUT2D eigenvalue weighted by molar-refractivity contribution is -0.0317. The number of nitrogens with zero attached hydrogens (tertiary/aromatic N) is 1. The second-order valence-electron chi connectivity index (χ2n) is 7.22. The molecule has 1 fully saturated rings. The molecule has 5 heteroatoms. The molecule has 0 unspecified atom stereocenters. The lowest BCUT2D eigenvalue weighted by Gasteiger charge is -2.45. The molecule has 3 atom stereocenters. The molecule has 0 radical (unpaired) electrons. The summed E-state index contributed by atoms with van der Waals surface area (Å²) in [6.07, 6.45) is 5.35. The number of ether oxygens (including phenoxy) is 3. The molecule has 5 nitrogen and oxygen atoms in total. The summed E-state index contributed by atoms with van der Waals surface area (Å²) in [7, 11) is 1.69. The van der Waals surface area contributed by atoms with Crippen molar-refractivity contribution in [3.8, 4) is 11.5 Å². The molecular formula is C19H23NO4. The highest BCUT2D eigenvalue weighted by Gasteiger charge is 2.52. The van der Waals surface area contributed by atoms with Crippen LogP contribution < -0.4 is 9.47 Å². The first-order chi connectivity index (χ1) is 11.7. The summed E-state index contributed by atoms with van der Waals surface area (Å²) in [6.45, 7) is 2.42. The molecule has 0 aromatic heterocycles. The van der Waals surface area contributed by atoms with E-state index >= 15 is 0 Å². The van der Waals surface area contributed by atoms with E-state index in [9.17, 15) is 5.11 Å². The summed E-state index contributed by atoms with van der Waals surface area (Å²) in [5.41, 5.74) is 3.85. The number of benzene rings is 1. The zero-order chi connectivity index (χ0) is 16.3. The standard InChI is InChI=1S/C19H23NO4/c1-22-18-10-19-13(8-15(18)21)4-6-20(19)5-2-3-12-7-16-17(9-14(12)19)24-11-23-16/h7-9,15,18,21H,2-6,10-11H2,1H3/t15-,18-,19+/m1/s1. The smallest absolute Gasteiger partial charge is 0.231 e. The Labute approximate surface area is 141 Å². The first-order valence-electron chi connectivity index (χ1n) is 8.82. The zero-order valence-corrected chi connectivity index (χ0v) is 14.0. The van der Waals surface area contributed by atoms with Gasteiger partial charge in [-0.25, -0.2) is 0 Å². The van der Waals surface area contributed by atoms with Crippen molar-refractivity contribution < 1.29 is 19.3 Å². The van der Waals surface area contributed by atoms with Crippen LogP contribution in [-0.2, 0) is 16.7 Å². The van der Waals surface area contributed by atoms with Gasteiger partial charge < -0.3 is 19.3 Å². The minimum atomic E-state index is -0.517.